The molecule has 1 fully saturated rings. The summed E-state index contributed by atoms with van der Waals surface area (Å²) < 4.78 is 7.64. The molecule has 0 spiro atoms. The summed E-state index contributed by atoms with van der Waals surface area (Å²) in [5, 5.41) is 7.28. The third kappa shape index (κ3) is 4.47. The van der Waals surface area contributed by atoms with Crippen LogP contribution in [0.4, 0.5) is 10.6 Å². The molecule has 1 aliphatic heterocycles. The molecule has 1 saturated heterocycles. The van der Waals surface area contributed by atoms with Crippen LogP contribution >= 0.6 is 0 Å². The van der Waals surface area contributed by atoms with Crippen molar-refractivity contribution in [1.82, 2.24) is 14.7 Å². The molecule has 1 atom stereocenters. The van der Waals surface area contributed by atoms with Crippen molar-refractivity contribution in [2.45, 2.75) is 52.7 Å². The molecule has 1 unspecified atom stereocenters. The Morgan fingerprint density at radius 2 is 2.32 bits per heavy atom. The molecule has 2 amide bonds. The van der Waals surface area contributed by atoms with Crippen LogP contribution in [0.2, 0.25) is 0 Å². The largest absolute Gasteiger partial charge is 0.372 e. The molecule has 1 aromatic rings. The minimum Gasteiger partial charge on any atom is -0.372 e. The molecule has 0 aromatic carbocycles. The van der Waals surface area contributed by atoms with E-state index in [1.165, 1.54) is 0 Å². The smallest absolute Gasteiger partial charge is 0.323 e. The lowest BCUT2D eigenvalue weighted by Crippen LogP contribution is -2.53. The zero-order chi connectivity index (χ0) is 16.2. The van der Waals surface area contributed by atoms with Gasteiger partial charge in [-0.2, -0.15) is 5.10 Å². The van der Waals surface area contributed by atoms with Gasteiger partial charge in [0.15, 0.2) is 5.82 Å². The summed E-state index contributed by atoms with van der Waals surface area (Å²) in [6.07, 6.45) is 3.88. The number of carbonyl (C=O) groups excluding carboxylic acids is 1. The van der Waals surface area contributed by atoms with Crippen molar-refractivity contribution in [1.29, 1.82) is 0 Å². The number of hydrogen-bond acceptors (Lipinski definition) is 3. The summed E-state index contributed by atoms with van der Waals surface area (Å²) in [5.41, 5.74) is -0.244. The van der Waals surface area contributed by atoms with Gasteiger partial charge >= 0.3 is 6.03 Å². The lowest BCUT2D eigenvalue weighted by molar-refractivity contribution is -0.0860. The minimum atomic E-state index is -0.244. The van der Waals surface area contributed by atoms with Crippen molar-refractivity contribution in [2.24, 2.45) is 5.92 Å². The number of rotatable bonds is 5. The molecule has 6 heteroatoms. The number of aromatic nitrogens is 2. The van der Waals surface area contributed by atoms with Gasteiger partial charge in [0, 0.05) is 25.4 Å². The van der Waals surface area contributed by atoms with Gasteiger partial charge in [0.25, 0.3) is 0 Å². The third-order valence-corrected chi connectivity index (χ3v) is 4.18. The Kier molecular flexibility index (Phi) is 5.45. The highest BCUT2D eigenvalue weighted by atomic mass is 16.5. The summed E-state index contributed by atoms with van der Waals surface area (Å²) in [5.74, 6) is 1.25. The van der Waals surface area contributed by atoms with E-state index in [4.69, 9.17) is 4.74 Å². The van der Waals surface area contributed by atoms with Crippen molar-refractivity contribution in [3.63, 3.8) is 0 Å². The van der Waals surface area contributed by atoms with E-state index in [0.29, 0.717) is 31.4 Å². The monoisotopic (exact) mass is 308 g/mol. The molecule has 0 saturated carbocycles. The first-order chi connectivity index (χ1) is 10.4. The predicted molar refractivity (Wildman–Crippen MR) is 86.9 cm³/mol. The predicted octanol–water partition coefficient (Wildman–Crippen LogP) is 2.96. The number of hydrogen-bond donors (Lipinski definition) is 1. The SMILES string of the molecule is CCC1(C)CN(C(=O)Nc2ccn(CCC(C)C)n2)CCO1. The molecule has 6 nitrogen and oxygen atoms in total. The zero-order valence-electron chi connectivity index (χ0n) is 14.1. The van der Waals surface area contributed by atoms with Crippen LogP contribution in [-0.4, -0.2) is 46.0 Å². The normalized spacial score (nSPS) is 22.1. The second-order valence-electron chi connectivity index (χ2n) is 6.65. The molecule has 0 aliphatic carbocycles. The first-order valence-electron chi connectivity index (χ1n) is 8.15. The van der Waals surface area contributed by atoms with Gasteiger partial charge in [0.2, 0.25) is 0 Å². The number of nitrogens with one attached hydrogen (secondary N) is 1. The van der Waals surface area contributed by atoms with Gasteiger partial charge in [-0.25, -0.2) is 4.79 Å². The van der Waals surface area contributed by atoms with Gasteiger partial charge in [-0.1, -0.05) is 20.8 Å². The van der Waals surface area contributed by atoms with Crippen molar-refractivity contribution in [2.75, 3.05) is 25.0 Å². The van der Waals surface area contributed by atoms with Crippen LogP contribution in [0.25, 0.3) is 0 Å². The second kappa shape index (κ2) is 7.13. The summed E-state index contributed by atoms with van der Waals surface area (Å²) >= 11 is 0. The van der Waals surface area contributed by atoms with Crippen molar-refractivity contribution >= 4 is 11.8 Å². The molecule has 2 heterocycles. The third-order valence-electron chi connectivity index (χ3n) is 4.18. The fourth-order valence-electron chi connectivity index (χ4n) is 2.45. The topological polar surface area (TPSA) is 59.4 Å². The highest BCUT2D eigenvalue weighted by Crippen LogP contribution is 2.21. The first-order valence-corrected chi connectivity index (χ1v) is 8.15. The quantitative estimate of drug-likeness (QED) is 0.909. The number of aryl methyl sites for hydroxylation is 1. The van der Waals surface area contributed by atoms with E-state index in [2.05, 4.69) is 31.2 Å². The Morgan fingerprint density at radius 1 is 1.55 bits per heavy atom. The van der Waals surface area contributed by atoms with Crippen LogP contribution < -0.4 is 5.32 Å². The fourth-order valence-corrected chi connectivity index (χ4v) is 2.45. The van der Waals surface area contributed by atoms with E-state index < -0.39 is 0 Å². The van der Waals surface area contributed by atoms with Gasteiger partial charge in [-0.3, -0.25) is 10.00 Å². The second-order valence-corrected chi connectivity index (χ2v) is 6.65. The Hall–Kier alpha value is -1.56. The Balaban J connectivity index is 1.89. The summed E-state index contributed by atoms with van der Waals surface area (Å²) in [4.78, 5) is 14.2. The Labute approximate surface area is 132 Å². The van der Waals surface area contributed by atoms with E-state index in [0.717, 1.165) is 19.4 Å². The van der Waals surface area contributed by atoms with E-state index in [-0.39, 0.29) is 11.6 Å². The summed E-state index contributed by atoms with van der Waals surface area (Å²) in [6.45, 7) is 11.2. The Bertz CT molecular complexity index is 500. The van der Waals surface area contributed by atoms with Crippen LogP contribution in [0.15, 0.2) is 12.3 Å². The number of morpholine rings is 1. The molecular weight excluding hydrogens is 280 g/mol. The van der Waals surface area contributed by atoms with Gasteiger partial charge in [0.05, 0.1) is 18.8 Å². The fraction of sp³-hybridized carbons (Fsp3) is 0.750. The molecule has 1 aliphatic rings. The number of urea groups is 1. The standard InChI is InChI=1S/C16H28N4O2/c1-5-16(4)12-19(10-11-22-16)15(21)17-14-7-9-20(18-14)8-6-13(2)3/h7,9,13H,5-6,8,10-12H2,1-4H3,(H,17,18,21). The first kappa shape index (κ1) is 16.8. The lowest BCUT2D eigenvalue weighted by atomic mass is 10.0. The maximum atomic E-state index is 12.4. The maximum Gasteiger partial charge on any atom is 0.323 e. The molecule has 1 N–H and O–H groups in total. The Morgan fingerprint density at radius 3 is 3.00 bits per heavy atom. The number of carbonyl (C=O) groups is 1. The molecule has 0 bridgehead atoms. The molecule has 2 rings (SSSR count). The zero-order valence-corrected chi connectivity index (χ0v) is 14.1. The maximum absolute atomic E-state index is 12.4. The van der Waals surface area contributed by atoms with Gasteiger partial charge in [-0.15, -0.1) is 0 Å². The molecule has 1 aromatic heterocycles. The summed E-state index contributed by atoms with van der Waals surface area (Å²) in [7, 11) is 0. The molecule has 0 radical (unpaired) electrons. The number of anilines is 1. The highest BCUT2D eigenvalue weighted by molar-refractivity contribution is 5.88. The van der Waals surface area contributed by atoms with E-state index >= 15 is 0 Å². The molecule has 22 heavy (non-hydrogen) atoms. The minimum absolute atomic E-state index is 0.0999. The van der Waals surface area contributed by atoms with Crippen LogP contribution in [0.5, 0.6) is 0 Å². The van der Waals surface area contributed by atoms with Gasteiger partial charge in [-0.05, 0) is 25.7 Å². The van der Waals surface area contributed by atoms with Crippen molar-refractivity contribution in [3.05, 3.63) is 12.3 Å². The number of nitrogens with zero attached hydrogens (tertiary/aromatic N) is 3. The van der Waals surface area contributed by atoms with Crippen LogP contribution in [0.1, 0.15) is 40.5 Å². The molecule has 124 valence electrons. The van der Waals surface area contributed by atoms with E-state index in [1.54, 1.807) is 4.90 Å². The van der Waals surface area contributed by atoms with Crippen LogP contribution in [-0.2, 0) is 11.3 Å². The molecular formula is C16H28N4O2. The average Bonchev–Trinajstić information content (AvgIpc) is 2.93. The summed E-state index contributed by atoms with van der Waals surface area (Å²) in [6, 6.07) is 1.75. The van der Waals surface area contributed by atoms with Gasteiger partial charge < -0.3 is 9.64 Å². The number of ether oxygens (including phenoxy) is 1. The lowest BCUT2D eigenvalue weighted by Gasteiger charge is -2.39. The van der Waals surface area contributed by atoms with Gasteiger partial charge in [0.1, 0.15) is 0 Å². The van der Waals surface area contributed by atoms with Crippen LogP contribution in [0, 0.1) is 5.92 Å². The highest BCUT2D eigenvalue weighted by Gasteiger charge is 2.32. The number of amides is 2. The average molecular weight is 308 g/mol. The van der Waals surface area contributed by atoms with Crippen LogP contribution in [0.3, 0.4) is 0 Å². The van der Waals surface area contributed by atoms with Crippen molar-refractivity contribution in [3.8, 4) is 0 Å². The van der Waals surface area contributed by atoms with Crippen molar-refractivity contribution < 1.29 is 9.53 Å². The van der Waals surface area contributed by atoms with E-state index in [9.17, 15) is 4.79 Å². The van der Waals surface area contributed by atoms with E-state index in [1.807, 2.05) is 23.9 Å².